The van der Waals surface area contributed by atoms with Gasteiger partial charge in [-0.3, -0.25) is 19.1 Å². The van der Waals surface area contributed by atoms with Crippen LogP contribution in [-0.2, 0) is 4.79 Å². The monoisotopic (exact) mass is 430 g/mol. The number of nitrogens with zero attached hydrogens (tertiary/aromatic N) is 4. The lowest BCUT2D eigenvalue weighted by molar-refractivity contribution is -0.128. The van der Waals surface area contributed by atoms with Crippen molar-refractivity contribution in [2.45, 2.75) is 18.1 Å². The Balaban J connectivity index is 1.63. The summed E-state index contributed by atoms with van der Waals surface area (Å²) in [6, 6.07) is 20.6. The van der Waals surface area contributed by atoms with E-state index in [0.717, 1.165) is 5.56 Å². The number of carbonyl (C=O) groups excluding carboxylic acids is 1. The van der Waals surface area contributed by atoms with Crippen molar-refractivity contribution in [1.82, 2.24) is 19.4 Å². The fourth-order valence-electron chi connectivity index (χ4n) is 3.32. The Kier molecular flexibility index (Phi) is 6.13. The molecule has 1 unspecified atom stereocenters. The van der Waals surface area contributed by atoms with E-state index in [1.54, 1.807) is 48.6 Å². The van der Waals surface area contributed by atoms with Crippen molar-refractivity contribution in [2.24, 2.45) is 0 Å². The largest absolute Gasteiger partial charge is 0.338 e. The molecule has 4 rings (SSSR count). The molecule has 2 aromatic carbocycles. The van der Waals surface area contributed by atoms with Gasteiger partial charge in [0.2, 0.25) is 5.91 Å². The molecule has 0 aliphatic heterocycles. The number of pyridine rings is 1. The van der Waals surface area contributed by atoms with Crippen molar-refractivity contribution in [2.75, 3.05) is 12.8 Å². The predicted molar refractivity (Wildman–Crippen MR) is 123 cm³/mol. The van der Waals surface area contributed by atoms with Crippen molar-refractivity contribution in [3.8, 4) is 5.69 Å². The summed E-state index contributed by atoms with van der Waals surface area (Å²) < 4.78 is 1.52. The summed E-state index contributed by atoms with van der Waals surface area (Å²) in [7, 11) is 1.79. The SMILES string of the molecule is CC(c1ccccc1)N(C)C(=O)CSc1nc2ccccc2c(=O)n1-c1cccnc1. The molecule has 0 saturated carbocycles. The Bertz CT molecular complexity index is 1260. The number of thioether (sulfide) groups is 1. The van der Waals surface area contributed by atoms with Gasteiger partial charge in [0.1, 0.15) is 0 Å². The Labute approximate surface area is 184 Å². The lowest BCUT2D eigenvalue weighted by atomic mass is 10.1. The summed E-state index contributed by atoms with van der Waals surface area (Å²) >= 11 is 1.25. The van der Waals surface area contributed by atoms with Gasteiger partial charge in [0.15, 0.2) is 5.16 Å². The van der Waals surface area contributed by atoms with Crippen LogP contribution < -0.4 is 5.56 Å². The lowest BCUT2D eigenvalue weighted by Gasteiger charge is -2.25. The van der Waals surface area contributed by atoms with E-state index in [-0.39, 0.29) is 23.3 Å². The summed E-state index contributed by atoms with van der Waals surface area (Å²) in [6.45, 7) is 2.00. The molecule has 6 nitrogen and oxygen atoms in total. The fourth-order valence-corrected chi connectivity index (χ4v) is 4.26. The van der Waals surface area contributed by atoms with Gasteiger partial charge in [-0.15, -0.1) is 0 Å². The van der Waals surface area contributed by atoms with Crippen LogP contribution in [0.2, 0.25) is 0 Å². The average Bonchev–Trinajstić information content (AvgIpc) is 2.82. The molecule has 0 fully saturated rings. The van der Waals surface area contributed by atoms with Crippen LogP contribution in [0.3, 0.4) is 0 Å². The van der Waals surface area contributed by atoms with Crippen LogP contribution in [-0.4, -0.2) is 38.1 Å². The first-order valence-electron chi connectivity index (χ1n) is 9.92. The third kappa shape index (κ3) is 4.36. The molecule has 0 N–H and O–H groups in total. The number of aromatic nitrogens is 3. The summed E-state index contributed by atoms with van der Waals surface area (Å²) in [6.07, 6.45) is 3.27. The Morgan fingerprint density at radius 1 is 1.06 bits per heavy atom. The first-order chi connectivity index (χ1) is 15.1. The van der Waals surface area contributed by atoms with Gasteiger partial charge in [0.25, 0.3) is 5.56 Å². The third-order valence-electron chi connectivity index (χ3n) is 5.23. The molecule has 0 spiro atoms. The van der Waals surface area contributed by atoms with Gasteiger partial charge in [0.05, 0.1) is 34.6 Å². The molecule has 0 aliphatic carbocycles. The molecule has 4 aromatic rings. The van der Waals surface area contributed by atoms with E-state index in [1.807, 2.05) is 49.4 Å². The first kappa shape index (κ1) is 20.8. The maximum Gasteiger partial charge on any atom is 0.266 e. The number of rotatable bonds is 6. The van der Waals surface area contributed by atoms with Gasteiger partial charge in [-0.2, -0.15) is 0 Å². The van der Waals surface area contributed by atoms with Crippen molar-refractivity contribution in [3.63, 3.8) is 0 Å². The highest BCUT2D eigenvalue weighted by atomic mass is 32.2. The van der Waals surface area contributed by atoms with Crippen LogP contribution in [0.5, 0.6) is 0 Å². The molecule has 1 amide bonds. The van der Waals surface area contributed by atoms with E-state index in [2.05, 4.69) is 9.97 Å². The Hall–Kier alpha value is -3.45. The second-order valence-electron chi connectivity index (χ2n) is 7.14. The van der Waals surface area contributed by atoms with Crippen LogP contribution in [0, 0.1) is 0 Å². The minimum Gasteiger partial charge on any atom is -0.338 e. The Morgan fingerprint density at radius 2 is 1.81 bits per heavy atom. The standard InChI is InChI=1S/C24H22N4O2S/c1-17(18-9-4-3-5-10-18)27(2)22(29)16-31-24-26-21-13-7-6-12-20(21)23(30)28(24)19-11-8-14-25-15-19/h3-15,17H,16H2,1-2H3. The molecule has 2 aromatic heterocycles. The van der Waals surface area contributed by atoms with Gasteiger partial charge >= 0.3 is 0 Å². The summed E-state index contributed by atoms with van der Waals surface area (Å²) in [5.74, 6) is 0.125. The maximum atomic E-state index is 13.2. The van der Waals surface area contributed by atoms with E-state index in [0.29, 0.717) is 21.7 Å². The molecular formula is C24H22N4O2S. The van der Waals surface area contributed by atoms with Crippen molar-refractivity contribution < 1.29 is 4.79 Å². The molecule has 2 heterocycles. The highest BCUT2D eigenvalue weighted by Crippen LogP contribution is 2.23. The average molecular weight is 431 g/mol. The van der Waals surface area contributed by atoms with E-state index < -0.39 is 0 Å². The van der Waals surface area contributed by atoms with Crippen molar-refractivity contribution in [1.29, 1.82) is 0 Å². The quantitative estimate of drug-likeness (QED) is 0.340. The lowest BCUT2D eigenvalue weighted by Crippen LogP contribution is -2.31. The number of carbonyl (C=O) groups is 1. The predicted octanol–water partition coefficient (Wildman–Crippen LogP) is 4.09. The minimum atomic E-state index is -0.181. The number of amides is 1. The number of para-hydroxylation sites is 1. The zero-order valence-corrected chi connectivity index (χ0v) is 18.1. The summed E-state index contributed by atoms with van der Waals surface area (Å²) in [5.41, 5.74) is 2.11. The van der Waals surface area contributed by atoms with Crippen LogP contribution in [0.25, 0.3) is 16.6 Å². The summed E-state index contributed by atoms with van der Waals surface area (Å²) in [5, 5.41) is 0.989. The first-order valence-corrected chi connectivity index (χ1v) is 10.9. The molecule has 156 valence electrons. The van der Waals surface area contributed by atoms with Gasteiger partial charge in [-0.25, -0.2) is 4.98 Å². The molecule has 0 saturated heterocycles. The van der Waals surface area contributed by atoms with E-state index in [1.165, 1.54) is 16.3 Å². The number of fused-ring (bicyclic) bond motifs is 1. The number of hydrogen-bond acceptors (Lipinski definition) is 5. The topological polar surface area (TPSA) is 68.1 Å². The highest BCUT2D eigenvalue weighted by Gasteiger charge is 2.20. The summed E-state index contributed by atoms with van der Waals surface area (Å²) in [4.78, 5) is 36.6. The number of hydrogen-bond donors (Lipinski definition) is 0. The van der Waals surface area contributed by atoms with Gasteiger partial charge in [-0.05, 0) is 36.8 Å². The van der Waals surface area contributed by atoms with E-state index >= 15 is 0 Å². The van der Waals surface area contributed by atoms with Crippen LogP contribution in [0.1, 0.15) is 18.5 Å². The maximum absolute atomic E-state index is 13.2. The molecule has 7 heteroatoms. The third-order valence-corrected chi connectivity index (χ3v) is 6.15. The molecule has 31 heavy (non-hydrogen) atoms. The second kappa shape index (κ2) is 9.14. The van der Waals surface area contributed by atoms with Gasteiger partial charge in [-0.1, -0.05) is 54.2 Å². The van der Waals surface area contributed by atoms with Crippen LogP contribution in [0.15, 0.2) is 89.1 Å². The van der Waals surface area contributed by atoms with Crippen LogP contribution >= 0.6 is 11.8 Å². The number of benzene rings is 2. The van der Waals surface area contributed by atoms with E-state index in [9.17, 15) is 9.59 Å². The minimum absolute atomic E-state index is 0.0403. The molecule has 0 radical (unpaired) electrons. The highest BCUT2D eigenvalue weighted by molar-refractivity contribution is 7.99. The zero-order valence-electron chi connectivity index (χ0n) is 17.3. The van der Waals surface area contributed by atoms with Crippen molar-refractivity contribution >= 4 is 28.6 Å². The van der Waals surface area contributed by atoms with E-state index in [4.69, 9.17) is 0 Å². The zero-order chi connectivity index (χ0) is 21.8. The molecule has 1 atom stereocenters. The van der Waals surface area contributed by atoms with Crippen molar-refractivity contribution in [3.05, 3.63) is 95.0 Å². The normalized spacial score (nSPS) is 11.9. The van der Waals surface area contributed by atoms with Crippen LogP contribution in [0.4, 0.5) is 0 Å². The fraction of sp³-hybridized carbons (Fsp3) is 0.167. The van der Waals surface area contributed by atoms with Gasteiger partial charge < -0.3 is 4.90 Å². The van der Waals surface area contributed by atoms with Gasteiger partial charge in [0, 0.05) is 13.2 Å². The Morgan fingerprint density at radius 3 is 2.55 bits per heavy atom. The second-order valence-corrected chi connectivity index (χ2v) is 8.09. The molecule has 0 aliphatic rings. The smallest absolute Gasteiger partial charge is 0.266 e. The molecule has 0 bridgehead atoms. The molecular weight excluding hydrogens is 408 g/mol.